The van der Waals surface area contributed by atoms with Crippen molar-refractivity contribution < 1.29 is 9.13 Å². The number of nitrogens with two attached hydrogens (primary N) is 1. The van der Waals surface area contributed by atoms with E-state index >= 15 is 0 Å². The smallest absolute Gasteiger partial charge is 0.165 e. The summed E-state index contributed by atoms with van der Waals surface area (Å²) in [6.07, 6.45) is 6.49. The summed E-state index contributed by atoms with van der Waals surface area (Å²) in [5, 5.41) is 0. The Bertz CT molecular complexity index is 387. The molecule has 0 heterocycles. The van der Waals surface area contributed by atoms with E-state index in [0.29, 0.717) is 12.8 Å². The topological polar surface area (TPSA) is 47.3 Å². The third-order valence-electron chi connectivity index (χ3n) is 2.36. The molecule has 1 unspecified atom stereocenters. The van der Waals surface area contributed by atoms with Gasteiger partial charge in [-0.2, -0.15) is 0 Å². The molecule has 0 aliphatic carbocycles. The first-order chi connectivity index (χ1) is 7.72. The lowest BCUT2D eigenvalue weighted by Gasteiger charge is -2.16. The van der Waals surface area contributed by atoms with E-state index in [0.717, 1.165) is 5.56 Å². The van der Waals surface area contributed by atoms with Crippen molar-refractivity contribution >= 4 is 0 Å². The highest BCUT2D eigenvalue weighted by Gasteiger charge is 2.11. The maximum atomic E-state index is 13.2. The molecular formula is C12H15FN2O. The predicted octanol–water partition coefficient (Wildman–Crippen LogP) is 1.75. The zero-order chi connectivity index (χ0) is 12.0. The first-order valence-corrected chi connectivity index (χ1v) is 4.96. The van der Waals surface area contributed by atoms with Crippen LogP contribution in [-0.2, 0) is 0 Å². The second-order valence-electron chi connectivity index (χ2n) is 3.36. The molecule has 3 N–H and O–H groups in total. The lowest BCUT2D eigenvalue weighted by atomic mass is 10.0. The molecule has 86 valence electrons. The fourth-order valence-corrected chi connectivity index (χ4v) is 1.47. The number of rotatable bonds is 5. The van der Waals surface area contributed by atoms with Gasteiger partial charge in [0.1, 0.15) is 0 Å². The molecule has 3 nitrogen and oxygen atoms in total. The first kappa shape index (κ1) is 12.5. The van der Waals surface area contributed by atoms with Crippen LogP contribution < -0.4 is 16.0 Å². The van der Waals surface area contributed by atoms with Gasteiger partial charge in [-0.05, 0) is 24.1 Å². The second kappa shape index (κ2) is 6.11. The van der Waals surface area contributed by atoms with Gasteiger partial charge in [-0.15, -0.1) is 12.3 Å². The van der Waals surface area contributed by atoms with Gasteiger partial charge in [0, 0.05) is 12.5 Å². The third kappa shape index (κ3) is 2.96. The lowest BCUT2D eigenvalue weighted by Crippen LogP contribution is -2.27. The van der Waals surface area contributed by atoms with Crippen molar-refractivity contribution in [3.8, 4) is 18.1 Å². The molecule has 0 aromatic heterocycles. The van der Waals surface area contributed by atoms with Gasteiger partial charge >= 0.3 is 0 Å². The largest absolute Gasteiger partial charge is 0.494 e. The van der Waals surface area contributed by atoms with Gasteiger partial charge < -0.3 is 4.74 Å². The fraction of sp³-hybridized carbons (Fsp3) is 0.333. The van der Waals surface area contributed by atoms with E-state index < -0.39 is 0 Å². The van der Waals surface area contributed by atoms with Crippen molar-refractivity contribution in [1.82, 2.24) is 5.43 Å². The summed E-state index contributed by atoms with van der Waals surface area (Å²) in [5.41, 5.74) is 3.51. The maximum absolute atomic E-state index is 13.2. The van der Waals surface area contributed by atoms with E-state index in [-0.39, 0.29) is 17.6 Å². The summed E-state index contributed by atoms with van der Waals surface area (Å²) in [6.45, 7) is 0. The molecule has 0 bridgehead atoms. The second-order valence-corrected chi connectivity index (χ2v) is 3.36. The lowest BCUT2D eigenvalue weighted by molar-refractivity contribution is 0.384. The molecule has 0 spiro atoms. The molecular weight excluding hydrogens is 207 g/mol. The van der Waals surface area contributed by atoms with Gasteiger partial charge in [0.05, 0.1) is 7.11 Å². The molecule has 0 aliphatic heterocycles. The van der Waals surface area contributed by atoms with Crippen molar-refractivity contribution in [3.63, 3.8) is 0 Å². The molecule has 0 saturated heterocycles. The van der Waals surface area contributed by atoms with E-state index in [1.165, 1.54) is 13.2 Å². The van der Waals surface area contributed by atoms with Crippen LogP contribution >= 0.6 is 0 Å². The Hall–Kier alpha value is -1.57. The number of ether oxygens (including phenoxy) is 1. The number of nitrogens with one attached hydrogen (secondary N) is 1. The number of hydrazine groups is 1. The number of methoxy groups -OCH3 is 1. The Morgan fingerprint density at radius 3 is 2.94 bits per heavy atom. The average Bonchev–Trinajstić information content (AvgIpc) is 2.32. The fourth-order valence-electron chi connectivity index (χ4n) is 1.47. The molecule has 0 amide bonds. The summed E-state index contributed by atoms with van der Waals surface area (Å²) in [4.78, 5) is 0. The van der Waals surface area contributed by atoms with Crippen LogP contribution in [-0.4, -0.2) is 7.11 Å². The van der Waals surface area contributed by atoms with Crippen LogP contribution in [0.1, 0.15) is 24.4 Å². The van der Waals surface area contributed by atoms with Crippen molar-refractivity contribution in [1.29, 1.82) is 0 Å². The van der Waals surface area contributed by atoms with Crippen LogP contribution in [0.4, 0.5) is 4.39 Å². The Kier molecular flexibility index (Phi) is 4.77. The molecule has 4 heteroatoms. The minimum Gasteiger partial charge on any atom is -0.494 e. The number of hydrogen-bond acceptors (Lipinski definition) is 3. The molecule has 16 heavy (non-hydrogen) atoms. The zero-order valence-electron chi connectivity index (χ0n) is 9.16. The van der Waals surface area contributed by atoms with E-state index in [2.05, 4.69) is 11.3 Å². The summed E-state index contributed by atoms with van der Waals surface area (Å²) >= 11 is 0. The summed E-state index contributed by atoms with van der Waals surface area (Å²) in [7, 11) is 1.43. The average molecular weight is 222 g/mol. The highest BCUT2D eigenvalue weighted by atomic mass is 19.1. The number of halogens is 1. The van der Waals surface area contributed by atoms with Crippen LogP contribution in [0.25, 0.3) is 0 Å². The van der Waals surface area contributed by atoms with Crippen molar-refractivity contribution in [2.45, 2.75) is 18.9 Å². The monoisotopic (exact) mass is 222 g/mol. The zero-order valence-corrected chi connectivity index (χ0v) is 9.16. The highest BCUT2D eigenvalue weighted by Crippen LogP contribution is 2.24. The van der Waals surface area contributed by atoms with Crippen LogP contribution in [0.15, 0.2) is 18.2 Å². The Balaban J connectivity index is 2.88. The van der Waals surface area contributed by atoms with Crippen LogP contribution in [0.2, 0.25) is 0 Å². The predicted molar refractivity (Wildman–Crippen MR) is 61.1 cm³/mol. The SMILES string of the molecule is C#CCCC(NN)c1ccc(F)c(OC)c1. The van der Waals surface area contributed by atoms with E-state index in [1.807, 2.05) is 0 Å². The molecule has 0 radical (unpaired) electrons. The van der Waals surface area contributed by atoms with E-state index in [4.69, 9.17) is 17.0 Å². The highest BCUT2D eigenvalue weighted by molar-refractivity contribution is 5.32. The molecule has 1 aromatic carbocycles. The molecule has 1 rings (SSSR count). The van der Waals surface area contributed by atoms with Crippen LogP contribution in [0.5, 0.6) is 5.75 Å². The van der Waals surface area contributed by atoms with Crippen molar-refractivity contribution in [3.05, 3.63) is 29.6 Å². The van der Waals surface area contributed by atoms with Gasteiger partial charge in [-0.1, -0.05) is 6.07 Å². The molecule has 0 aliphatic rings. The standard InChI is InChI=1S/C12H15FN2O/c1-3-4-5-11(15-14)9-6-7-10(13)12(8-9)16-2/h1,6-8,11,15H,4-5,14H2,2H3. The number of hydrogen-bond donors (Lipinski definition) is 2. The molecule has 0 saturated carbocycles. The quantitative estimate of drug-likeness (QED) is 0.453. The van der Waals surface area contributed by atoms with Gasteiger partial charge in [-0.3, -0.25) is 11.3 Å². The van der Waals surface area contributed by atoms with Gasteiger partial charge in [-0.25, -0.2) is 4.39 Å². The van der Waals surface area contributed by atoms with Gasteiger partial charge in [0.2, 0.25) is 0 Å². The third-order valence-corrected chi connectivity index (χ3v) is 2.36. The summed E-state index contributed by atoms with van der Waals surface area (Å²) in [5.74, 6) is 7.78. The van der Waals surface area contributed by atoms with Gasteiger partial charge in [0.25, 0.3) is 0 Å². The molecule has 0 fully saturated rings. The molecule has 1 atom stereocenters. The van der Waals surface area contributed by atoms with Crippen molar-refractivity contribution in [2.75, 3.05) is 7.11 Å². The normalized spacial score (nSPS) is 11.9. The minimum atomic E-state index is -0.390. The minimum absolute atomic E-state index is 0.0921. The van der Waals surface area contributed by atoms with Crippen molar-refractivity contribution in [2.24, 2.45) is 5.84 Å². The Morgan fingerprint density at radius 2 is 2.38 bits per heavy atom. The van der Waals surface area contributed by atoms with Gasteiger partial charge in [0.15, 0.2) is 11.6 Å². The van der Waals surface area contributed by atoms with Crippen LogP contribution in [0.3, 0.4) is 0 Å². The number of benzene rings is 1. The summed E-state index contributed by atoms with van der Waals surface area (Å²) < 4.78 is 18.1. The Labute approximate surface area is 94.8 Å². The van der Waals surface area contributed by atoms with E-state index in [1.54, 1.807) is 12.1 Å². The van der Waals surface area contributed by atoms with E-state index in [9.17, 15) is 4.39 Å². The molecule has 1 aromatic rings. The summed E-state index contributed by atoms with van der Waals surface area (Å²) in [6, 6.07) is 4.55. The first-order valence-electron chi connectivity index (χ1n) is 4.96. The number of terminal acetylenes is 1. The van der Waals surface area contributed by atoms with Crippen LogP contribution in [0, 0.1) is 18.2 Å². The maximum Gasteiger partial charge on any atom is 0.165 e. The Morgan fingerprint density at radius 1 is 1.62 bits per heavy atom.